The third-order valence-electron chi connectivity index (χ3n) is 5.31. The summed E-state index contributed by atoms with van der Waals surface area (Å²) in [7, 11) is 2.20. The number of rotatable bonds is 6. The van der Waals surface area contributed by atoms with Crippen molar-refractivity contribution in [2.75, 3.05) is 25.9 Å². The monoisotopic (exact) mass is 360 g/mol. The molecule has 0 unspecified atom stereocenters. The minimum atomic E-state index is -0.0561. The maximum Gasteiger partial charge on any atom is 0.252 e. The van der Waals surface area contributed by atoms with Crippen molar-refractivity contribution < 1.29 is 9.59 Å². The highest BCUT2D eigenvalue weighted by atomic mass is 32.2. The van der Waals surface area contributed by atoms with Crippen LogP contribution in [0.2, 0.25) is 0 Å². The lowest BCUT2D eigenvalue weighted by Crippen LogP contribution is -2.36. The molecule has 1 N–H and O–H groups in total. The number of ketones is 1. The Labute approximate surface area is 154 Å². The van der Waals surface area contributed by atoms with Crippen LogP contribution in [-0.2, 0) is 0 Å². The smallest absolute Gasteiger partial charge is 0.252 e. The number of amides is 1. The van der Waals surface area contributed by atoms with Crippen molar-refractivity contribution in [3.05, 3.63) is 29.3 Å². The van der Waals surface area contributed by atoms with Crippen molar-refractivity contribution in [2.45, 2.75) is 55.9 Å². The van der Waals surface area contributed by atoms with Gasteiger partial charge in [-0.15, -0.1) is 11.8 Å². The fourth-order valence-corrected chi connectivity index (χ4v) is 4.95. The van der Waals surface area contributed by atoms with Crippen LogP contribution in [0.5, 0.6) is 0 Å². The topological polar surface area (TPSA) is 49.4 Å². The van der Waals surface area contributed by atoms with E-state index in [-0.39, 0.29) is 11.7 Å². The summed E-state index contributed by atoms with van der Waals surface area (Å²) in [5, 5.41) is 3.03. The number of nitrogens with zero attached hydrogens (tertiary/aromatic N) is 1. The molecule has 1 amide bonds. The van der Waals surface area contributed by atoms with Crippen LogP contribution in [0, 0.1) is 0 Å². The van der Waals surface area contributed by atoms with E-state index in [0.717, 1.165) is 23.6 Å². The molecule has 1 aliphatic heterocycles. The van der Waals surface area contributed by atoms with E-state index >= 15 is 0 Å². The zero-order chi connectivity index (χ0) is 17.6. The maximum atomic E-state index is 12.5. The van der Waals surface area contributed by atoms with E-state index in [0.29, 0.717) is 30.1 Å². The van der Waals surface area contributed by atoms with Crippen LogP contribution in [0.25, 0.3) is 0 Å². The molecule has 4 nitrogen and oxygen atoms in total. The van der Waals surface area contributed by atoms with E-state index < -0.39 is 0 Å². The van der Waals surface area contributed by atoms with Crippen LogP contribution in [0.1, 0.15) is 65.7 Å². The van der Waals surface area contributed by atoms with Gasteiger partial charge in [0.15, 0.2) is 5.78 Å². The van der Waals surface area contributed by atoms with Gasteiger partial charge in [0.2, 0.25) is 0 Å². The van der Waals surface area contributed by atoms with E-state index in [1.165, 1.54) is 32.1 Å². The number of thioether (sulfide) groups is 1. The summed E-state index contributed by atoms with van der Waals surface area (Å²) in [6, 6.07) is 6.19. The minimum absolute atomic E-state index is 0.0561. The molecule has 0 bridgehead atoms. The first kappa shape index (κ1) is 18.5. The van der Waals surface area contributed by atoms with E-state index in [9.17, 15) is 9.59 Å². The van der Waals surface area contributed by atoms with Gasteiger partial charge in [-0.3, -0.25) is 9.59 Å². The molecule has 0 saturated heterocycles. The molecule has 1 saturated carbocycles. The highest BCUT2D eigenvalue weighted by Gasteiger charge is 2.23. The molecule has 0 spiro atoms. The maximum absolute atomic E-state index is 12.5. The number of carbonyl (C=O) groups excluding carboxylic acids is 2. The van der Waals surface area contributed by atoms with Crippen molar-refractivity contribution in [3.63, 3.8) is 0 Å². The first-order valence-electron chi connectivity index (χ1n) is 9.44. The summed E-state index contributed by atoms with van der Waals surface area (Å²) in [6.07, 6.45) is 8.22. The van der Waals surface area contributed by atoms with Gasteiger partial charge in [0.05, 0.1) is 5.56 Å². The van der Waals surface area contributed by atoms with Gasteiger partial charge < -0.3 is 10.2 Å². The number of hydrogen-bond acceptors (Lipinski definition) is 4. The Morgan fingerprint density at radius 1 is 1.28 bits per heavy atom. The van der Waals surface area contributed by atoms with Gasteiger partial charge in [0, 0.05) is 35.2 Å². The highest BCUT2D eigenvalue weighted by molar-refractivity contribution is 7.99. The zero-order valence-corrected chi connectivity index (χ0v) is 15.9. The summed E-state index contributed by atoms with van der Waals surface area (Å²) < 4.78 is 0. The van der Waals surface area contributed by atoms with Crippen LogP contribution in [0.15, 0.2) is 23.1 Å². The van der Waals surface area contributed by atoms with Crippen molar-refractivity contribution in [3.8, 4) is 0 Å². The SMILES string of the molecule is CN(CCCNC(=O)c1cccc2c1SCCC2=O)C1CCCCC1. The molecule has 2 aliphatic rings. The normalized spacial score (nSPS) is 18.2. The molecular weight excluding hydrogens is 332 g/mol. The quantitative estimate of drug-likeness (QED) is 0.785. The second-order valence-electron chi connectivity index (χ2n) is 7.09. The van der Waals surface area contributed by atoms with Crippen molar-refractivity contribution in [1.82, 2.24) is 10.2 Å². The standard InChI is InChI=1S/C20H28N2O2S/c1-22(15-7-3-2-4-8-15)13-6-12-21-20(24)17-10-5-9-16-18(23)11-14-25-19(16)17/h5,9-10,15H,2-4,6-8,11-14H2,1H3,(H,21,24). The van der Waals surface area contributed by atoms with E-state index in [4.69, 9.17) is 0 Å². The molecule has 5 heteroatoms. The van der Waals surface area contributed by atoms with E-state index in [2.05, 4.69) is 17.3 Å². The molecule has 3 rings (SSSR count). The molecule has 0 atom stereocenters. The molecule has 25 heavy (non-hydrogen) atoms. The average Bonchev–Trinajstić information content (AvgIpc) is 2.65. The molecule has 0 radical (unpaired) electrons. The first-order chi connectivity index (χ1) is 12.2. The summed E-state index contributed by atoms with van der Waals surface area (Å²) in [6.45, 7) is 1.70. The van der Waals surface area contributed by atoms with Crippen LogP contribution >= 0.6 is 11.8 Å². The Hall–Kier alpha value is -1.33. The Morgan fingerprint density at radius 3 is 2.88 bits per heavy atom. The van der Waals surface area contributed by atoms with Gasteiger partial charge in [0.1, 0.15) is 0 Å². The van der Waals surface area contributed by atoms with Crippen molar-refractivity contribution in [1.29, 1.82) is 0 Å². The molecule has 1 aromatic rings. The van der Waals surface area contributed by atoms with Gasteiger partial charge in [-0.1, -0.05) is 31.4 Å². The molecule has 1 fully saturated rings. The third kappa shape index (κ3) is 4.64. The molecular formula is C20H28N2O2S. The van der Waals surface area contributed by atoms with Gasteiger partial charge in [-0.2, -0.15) is 0 Å². The summed E-state index contributed by atoms with van der Waals surface area (Å²) >= 11 is 1.62. The molecule has 1 heterocycles. The predicted octanol–water partition coefficient (Wildman–Crippen LogP) is 3.75. The number of Topliss-reactive ketones (excluding diaryl/α,β-unsaturated/α-hetero) is 1. The number of hydrogen-bond donors (Lipinski definition) is 1. The van der Waals surface area contributed by atoms with E-state index in [1.807, 2.05) is 18.2 Å². The lowest BCUT2D eigenvalue weighted by atomic mass is 9.94. The lowest BCUT2D eigenvalue weighted by molar-refractivity contribution is 0.0947. The second kappa shape index (κ2) is 8.86. The zero-order valence-electron chi connectivity index (χ0n) is 15.1. The Bertz CT molecular complexity index is 626. The van der Waals surface area contributed by atoms with Crippen LogP contribution < -0.4 is 5.32 Å². The number of carbonyl (C=O) groups is 2. The predicted molar refractivity (Wildman–Crippen MR) is 103 cm³/mol. The highest BCUT2D eigenvalue weighted by Crippen LogP contribution is 2.33. The van der Waals surface area contributed by atoms with Crippen LogP contribution in [0.3, 0.4) is 0 Å². The average molecular weight is 361 g/mol. The lowest BCUT2D eigenvalue weighted by Gasteiger charge is -2.31. The molecule has 1 aromatic carbocycles. The van der Waals surface area contributed by atoms with Crippen LogP contribution in [0.4, 0.5) is 0 Å². The van der Waals surface area contributed by atoms with Gasteiger partial charge in [0.25, 0.3) is 5.91 Å². The Kier molecular flexibility index (Phi) is 6.54. The molecule has 0 aromatic heterocycles. The molecule has 1 aliphatic carbocycles. The largest absolute Gasteiger partial charge is 0.352 e. The van der Waals surface area contributed by atoms with Gasteiger partial charge >= 0.3 is 0 Å². The van der Waals surface area contributed by atoms with Gasteiger partial charge in [-0.05, 0) is 38.9 Å². The fraction of sp³-hybridized carbons (Fsp3) is 0.600. The van der Waals surface area contributed by atoms with Crippen molar-refractivity contribution in [2.24, 2.45) is 0 Å². The minimum Gasteiger partial charge on any atom is -0.352 e. The Balaban J connectivity index is 1.48. The second-order valence-corrected chi connectivity index (χ2v) is 8.19. The summed E-state index contributed by atoms with van der Waals surface area (Å²) in [4.78, 5) is 27.8. The molecule has 136 valence electrons. The first-order valence-corrected chi connectivity index (χ1v) is 10.4. The van der Waals surface area contributed by atoms with Crippen LogP contribution in [-0.4, -0.2) is 48.5 Å². The number of benzene rings is 1. The van der Waals surface area contributed by atoms with Gasteiger partial charge in [-0.25, -0.2) is 0 Å². The fourth-order valence-electron chi connectivity index (χ4n) is 3.80. The third-order valence-corrected chi connectivity index (χ3v) is 6.44. The summed E-state index contributed by atoms with van der Waals surface area (Å²) in [5.74, 6) is 0.861. The van der Waals surface area contributed by atoms with E-state index in [1.54, 1.807) is 11.8 Å². The Morgan fingerprint density at radius 2 is 2.08 bits per heavy atom. The number of nitrogens with one attached hydrogen (secondary N) is 1. The number of fused-ring (bicyclic) bond motifs is 1. The van der Waals surface area contributed by atoms with Crippen molar-refractivity contribution >= 4 is 23.5 Å². The summed E-state index contributed by atoms with van der Waals surface area (Å²) in [5.41, 5.74) is 1.36.